The maximum Gasteiger partial charge on any atom is 0.258 e. The minimum atomic E-state index is -0.179. The maximum atomic E-state index is 12.7. The summed E-state index contributed by atoms with van der Waals surface area (Å²) in [4.78, 5) is 19.6. The first-order chi connectivity index (χ1) is 15.2. The molecule has 7 nitrogen and oxygen atoms in total. The minimum Gasteiger partial charge on any atom is -0.497 e. The number of nitrogens with zero attached hydrogens (tertiary/aromatic N) is 4. The van der Waals surface area contributed by atoms with Crippen LogP contribution in [-0.4, -0.2) is 52.3 Å². The first kappa shape index (κ1) is 21.1. The first-order valence-electron chi connectivity index (χ1n) is 10.8. The number of anilines is 1. The zero-order chi connectivity index (χ0) is 21.5. The zero-order valence-electron chi connectivity index (χ0n) is 18.0. The molecule has 0 bridgehead atoms. The molecule has 0 atom stereocenters. The standard InChI is InChI=1S/C24H29N5O2/c1-31-22-6-4-5-19(17-22)10-16-29-23(9-12-26-29)27-24(30)20-7-8-21(25-18-20)11-15-28-13-2-3-14-28/h4-9,12,17-18H,2-3,10-11,13-16H2,1H3,(H,27,30). The van der Waals surface area contributed by atoms with Gasteiger partial charge in [-0.3, -0.25) is 9.78 Å². The van der Waals surface area contributed by atoms with E-state index < -0.39 is 0 Å². The summed E-state index contributed by atoms with van der Waals surface area (Å²) in [5, 5.41) is 7.30. The van der Waals surface area contributed by atoms with Gasteiger partial charge in [-0.25, -0.2) is 4.68 Å². The van der Waals surface area contributed by atoms with Gasteiger partial charge in [-0.1, -0.05) is 12.1 Å². The van der Waals surface area contributed by atoms with Crippen LogP contribution in [0.1, 0.15) is 34.5 Å². The van der Waals surface area contributed by atoms with E-state index in [0.717, 1.165) is 36.4 Å². The van der Waals surface area contributed by atoms with Crippen LogP contribution in [0.4, 0.5) is 5.82 Å². The molecule has 0 spiro atoms. The Hall–Kier alpha value is -3.19. The number of methoxy groups -OCH3 is 1. The maximum absolute atomic E-state index is 12.7. The second-order valence-corrected chi connectivity index (χ2v) is 7.83. The van der Waals surface area contributed by atoms with Crippen LogP contribution in [-0.2, 0) is 19.4 Å². The molecule has 1 N–H and O–H groups in total. The van der Waals surface area contributed by atoms with Crippen molar-refractivity contribution >= 4 is 11.7 Å². The number of amides is 1. The number of carbonyl (C=O) groups is 1. The Morgan fingerprint density at radius 3 is 2.74 bits per heavy atom. The third-order valence-corrected chi connectivity index (χ3v) is 5.67. The van der Waals surface area contributed by atoms with Gasteiger partial charge in [0.05, 0.1) is 18.9 Å². The molecule has 0 saturated carbocycles. The number of ether oxygens (including phenoxy) is 1. The van der Waals surface area contributed by atoms with Gasteiger partial charge in [-0.05, 0) is 62.2 Å². The topological polar surface area (TPSA) is 72.3 Å². The minimum absolute atomic E-state index is 0.179. The number of rotatable bonds is 9. The van der Waals surface area contributed by atoms with Crippen LogP contribution in [0.2, 0.25) is 0 Å². The molecule has 1 fully saturated rings. The molecular formula is C24H29N5O2. The lowest BCUT2D eigenvalue weighted by Gasteiger charge is -2.13. The summed E-state index contributed by atoms with van der Waals surface area (Å²) in [5.74, 6) is 1.33. The lowest BCUT2D eigenvalue weighted by molar-refractivity contribution is 0.102. The van der Waals surface area contributed by atoms with E-state index in [9.17, 15) is 4.79 Å². The summed E-state index contributed by atoms with van der Waals surface area (Å²) < 4.78 is 7.08. The molecular weight excluding hydrogens is 390 g/mol. The lowest BCUT2D eigenvalue weighted by atomic mass is 10.1. The van der Waals surface area contributed by atoms with Gasteiger partial charge < -0.3 is 15.0 Å². The summed E-state index contributed by atoms with van der Waals surface area (Å²) in [7, 11) is 1.66. The molecule has 2 aromatic heterocycles. The van der Waals surface area contributed by atoms with Gasteiger partial charge in [0.1, 0.15) is 11.6 Å². The van der Waals surface area contributed by atoms with Crippen LogP contribution in [0, 0.1) is 0 Å². The molecule has 1 amide bonds. The van der Waals surface area contributed by atoms with Gasteiger partial charge >= 0.3 is 0 Å². The fraction of sp³-hybridized carbons (Fsp3) is 0.375. The van der Waals surface area contributed by atoms with Crippen molar-refractivity contribution in [2.75, 3.05) is 32.1 Å². The van der Waals surface area contributed by atoms with E-state index in [-0.39, 0.29) is 5.91 Å². The monoisotopic (exact) mass is 419 g/mol. The largest absolute Gasteiger partial charge is 0.497 e. The Morgan fingerprint density at radius 2 is 1.97 bits per heavy atom. The highest BCUT2D eigenvalue weighted by Crippen LogP contribution is 2.15. The lowest BCUT2D eigenvalue weighted by Crippen LogP contribution is -2.22. The van der Waals surface area contributed by atoms with E-state index in [1.54, 1.807) is 30.3 Å². The van der Waals surface area contributed by atoms with Crippen molar-refractivity contribution in [3.05, 3.63) is 71.7 Å². The normalized spacial score (nSPS) is 14.0. The summed E-state index contributed by atoms with van der Waals surface area (Å²) in [6, 6.07) is 13.6. The van der Waals surface area contributed by atoms with Crippen molar-refractivity contribution in [2.24, 2.45) is 0 Å². The molecule has 0 unspecified atom stereocenters. The van der Waals surface area contributed by atoms with E-state index in [2.05, 4.69) is 26.4 Å². The average Bonchev–Trinajstić information content (AvgIpc) is 3.49. The number of hydrogen-bond donors (Lipinski definition) is 1. The van der Waals surface area contributed by atoms with Crippen molar-refractivity contribution in [3.63, 3.8) is 0 Å². The molecule has 1 aliphatic rings. The van der Waals surface area contributed by atoms with Gasteiger partial charge in [0.25, 0.3) is 5.91 Å². The molecule has 0 radical (unpaired) electrons. The molecule has 4 rings (SSSR count). The molecule has 162 valence electrons. The summed E-state index contributed by atoms with van der Waals surface area (Å²) in [6.45, 7) is 4.06. The van der Waals surface area contributed by atoms with Gasteiger partial charge in [0.15, 0.2) is 0 Å². The second-order valence-electron chi connectivity index (χ2n) is 7.83. The van der Waals surface area contributed by atoms with Crippen LogP contribution in [0.15, 0.2) is 54.9 Å². The van der Waals surface area contributed by atoms with Crippen LogP contribution in [0.3, 0.4) is 0 Å². The van der Waals surface area contributed by atoms with Crippen LogP contribution in [0.25, 0.3) is 0 Å². The highest BCUT2D eigenvalue weighted by molar-refractivity contribution is 6.03. The van der Waals surface area contributed by atoms with Gasteiger partial charge in [-0.2, -0.15) is 5.10 Å². The van der Waals surface area contributed by atoms with Gasteiger partial charge in [0, 0.05) is 37.5 Å². The number of aryl methyl sites for hydroxylation is 2. The van der Waals surface area contributed by atoms with E-state index in [4.69, 9.17) is 4.74 Å². The second kappa shape index (κ2) is 10.2. The molecule has 7 heteroatoms. The van der Waals surface area contributed by atoms with E-state index >= 15 is 0 Å². The SMILES string of the molecule is COc1cccc(CCn2nccc2NC(=O)c2ccc(CCN3CCCC3)nc2)c1. The highest BCUT2D eigenvalue weighted by atomic mass is 16.5. The highest BCUT2D eigenvalue weighted by Gasteiger charge is 2.13. The molecule has 1 saturated heterocycles. The van der Waals surface area contributed by atoms with E-state index in [0.29, 0.717) is 17.9 Å². The van der Waals surface area contributed by atoms with Crippen molar-refractivity contribution in [1.82, 2.24) is 19.7 Å². The number of likely N-dealkylation sites (tertiary alicyclic amines) is 1. The summed E-state index contributed by atoms with van der Waals surface area (Å²) in [6.07, 6.45) is 7.64. The third kappa shape index (κ3) is 5.70. The number of benzene rings is 1. The summed E-state index contributed by atoms with van der Waals surface area (Å²) >= 11 is 0. The quantitative estimate of drug-likeness (QED) is 0.575. The molecule has 0 aliphatic carbocycles. The summed E-state index contributed by atoms with van der Waals surface area (Å²) in [5.41, 5.74) is 2.72. The molecule has 1 aliphatic heterocycles. The van der Waals surface area contributed by atoms with Crippen LogP contribution in [0.5, 0.6) is 5.75 Å². The van der Waals surface area contributed by atoms with Gasteiger partial charge in [0.2, 0.25) is 0 Å². The Kier molecular flexibility index (Phi) is 6.94. The average molecular weight is 420 g/mol. The van der Waals surface area contributed by atoms with E-state index in [1.165, 1.54) is 25.9 Å². The predicted octanol–water partition coefficient (Wildman–Crippen LogP) is 3.42. The van der Waals surface area contributed by atoms with Crippen LogP contribution >= 0.6 is 0 Å². The molecule has 3 heterocycles. The Labute approximate surface area is 183 Å². The Morgan fingerprint density at radius 1 is 1.10 bits per heavy atom. The van der Waals surface area contributed by atoms with Crippen molar-refractivity contribution in [1.29, 1.82) is 0 Å². The van der Waals surface area contributed by atoms with Crippen molar-refractivity contribution < 1.29 is 9.53 Å². The number of nitrogens with one attached hydrogen (secondary N) is 1. The first-order valence-corrected chi connectivity index (χ1v) is 10.8. The number of carbonyl (C=O) groups excluding carboxylic acids is 1. The van der Waals surface area contributed by atoms with Crippen molar-refractivity contribution in [2.45, 2.75) is 32.2 Å². The molecule has 31 heavy (non-hydrogen) atoms. The van der Waals surface area contributed by atoms with E-state index in [1.807, 2.05) is 30.3 Å². The number of hydrogen-bond acceptors (Lipinski definition) is 5. The van der Waals surface area contributed by atoms with Gasteiger partial charge in [-0.15, -0.1) is 0 Å². The Bertz CT molecular complexity index is 993. The molecule has 1 aromatic carbocycles. The fourth-order valence-electron chi connectivity index (χ4n) is 3.85. The number of aromatic nitrogens is 3. The Balaban J connectivity index is 1.31. The van der Waals surface area contributed by atoms with Crippen LogP contribution < -0.4 is 10.1 Å². The predicted molar refractivity (Wildman–Crippen MR) is 120 cm³/mol. The zero-order valence-corrected chi connectivity index (χ0v) is 18.0. The smallest absolute Gasteiger partial charge is 0.258 e. The third-order valence-electron chi connectivity index (χ3n) is 5.67. The molecule has 3 aromatic rings. The van der Waals surface area contributed by atoms with Crippen molar-refractivity contribution in [3.8, 4) is 5.75 Å². The fourth-order valence-corrected chi connectivity index (χ4v) is 3.85. The number of pyridine rings is 1.